The quantitative estimate of drug-likeness (QED) is 0.699. The SMILES string of the molecule is CCC(C)CC(C)NC(=O)NC1CC1. The van der Waals surface area contributed by atoms with Gasteiger partial charge in [-0.1, -0.05) is 20.3 Å². The Labute approximate surface area is 86.6 Å². The molecule has 0 aliphatic heterocycles. The van der Waals surface area contributed by atoms with Crippen molar-refractivity contribution in [3.05, 3.63) is 0 Å². The van der Waals surface area contributed by atoms with Gasteiger partial charge in [-0.05, 0) is 32.1 Å². The summed E-state index contributed by atoms with van der Waals surface area (Å²) >= 11 is 0. The monoisotopic (exact) mass is 198 g/mol. The number of carbonyl (C=O) groups is 1. The average molecular weight is 198 g/mol. The van der Waals surface area contributed by atoms with E-state index >= 15 is 0 Å². The highest BCUT2D eigenvalue weighted by atomic mass is 16.2. The summed E-state index contributed by atoms with van der Waals surface area (Å²) in [4.78, 5) is 11.4. The van der Waals surface area contributed by atoms with E-state index in [0.717, 1.165) is 19.3 Å². The molecule has 14 heavy (non-hydrogen) atoms. The van der Waals surface area contributed by atoms with Gasteiger partial charge in [0, 0.05) is 12.1 Å². The van der Waals surface area contributed by atoms with Crippen molar-refractivity contribution in [1.82, 2.24) is 10.6 Å². The van der Waals surface area contributed by atoms with E-state index in [2.05, 4.69) is 31.4 Å². The zero-order valence-corrected chi connectivity index (χ0v) is 9.47. The van der Waals surface area contributed by atoms with Crippen molar-refractivity contribution in [3.63, 3.8) is 0 Å². The molecule has 82 valence electrons. The van der Waals surface area contributed by atoms with Crippen LogP contribution in [-0.4, -0.2) is 18.1 Å². The van der Waals surface area contributed by atoms with E-state index in [9.17, 15) is 4.79 Å². The molecular weight excluding hydrogens is 176 g/mol. The van der Waals surface area contributed by atoms with Crippen LogP contribution in [0.15, 0.2) is 0 Å². The molecular formula is C11H22N2O. The van der Waals surface area contributed by atoms with Gasteiger partial charge < -0.3 is 10.6 Å². The maximum atomic E-state index is 11.4. The minimum atomic E-state index is 0.00306. The second-order valence-corrected chi connectivity index (χ2v) is 4.54. The molecule has 0 aromatic rings. The van der Waals surface area contributed by atoms with Gasteiger partial charge in [0.25, 0.3) is 0 Å². The predicted molar refractivity (Wildman–Crippen MR) is 58.2 cm³/mol. The Kier molecular flexibility index (Phi) is 4.23. The van der Waals surface area contributed by atoms with E-state index in [1.807, 2.05) is 0 Å². The zero-order valence-electron chi connectivity index (χ0n) is 9.47. The highest BCUT2D eigenvalue weighted by Gasteiger charge is 2.23. The van der Waals surface area contributed by atoms with Crippen molar-refractivity contribution in [2.45, 2.75) is 58.5 Å². The summed E-state index contributed by atoms with van der Waals surface area (Å²) in [6, 6.07) is 0.734. The van der Waals surface area contributed by atoms with Crippen LogP contribution in [0.5, 0.6) is 0 Å². The lowest BCUT2D eigenvalue weighted by Crippen LogP contribution is -2.42. The number of carbonyl (C=O) groups excluding carboxylic acids is 1. The fourth-order valence-electron chi connectivity index (χ4n) is 1.51. The van der Waals surface area contributed by atoms with Gasteiger partial charge in [-0.25, -0.2) is 4.79 Å². The van der Waals surface area contributed by atoms with E-state index in [0.29, 0.717) is 12.0 Å². The van der Waals surface area contributed by atoms with Gasteiger partial charge in [0.15, 0.2) is 0 Å². The molecule has 1 saturated carbocycles. The van der Waals surface area contributed by atoms with Crippen LogP contribution in [0, 0.1) is 5.92 Å². The third-order valence-electron chi connectivity index (χ3n) is 2.74. The van der Waals surface area contributed by atoms with Gasteiger partial charge in [0.05, 0.1) is 0 Å². The van der Waals surface area contributed by atoms with Gasteiger partial charge in [0.1, 0.15) is 0 Å². The molecule has 2 amide bonds. The largest absolute Gasteiger partial charge is 0.336 e. The van der Waals surface area contributed by atoms with Crippen LogP contribution in [0.3, 0.4) is 0 Å². The Morgan fingerprint density at radius 2 is 2.07 bits per heavy atom. The molecule has 2 atom stereocenters. The Bertz CT molecular complexity index is 190. The molecule has 2 unspecified atom stereocenters. The lowest BCUT2D eigenvalue weighted by atomic mass is 10.0. The van der Waals surface area contributed by atoms with Gasteiger partial charge >= 0.3 is 6.03 Å². The molecule has 0 saturated heterocycles. The minimum absolute atomic E-state index is 0.00306. The lowest BCUT2D eigenvalue weighted by molar-refractivity contribution is 0.235. The third kappa shape index (κ3) is 4.49. The molecule has 3 heteroatoms. The fourth-order valence-corrected chi connectivity index (χ4v) is 1.51. The van der Waals surface area contributed by atoms with Crippen LogP contribution < -0.4 is 10.6 Å². The summed E-state index contributed by atoms with van der Waals surface area (Å²) in [5.41, 5.74) is 0. The van der Waals surface area contributed by atoms with Crippen molar-refractivity contribution in [1.29, 1.82) is 0 Å². The van der Waals surface area contributed by atoms with Gasteiger partial charge in [-0.3, -0.25) is 0 Å². The van der Waals surface area contributed by atoms with Gasteiger partial charge in [-0.15, -0.1) is 0 Å². The Balaban J connectivity index is 2.11. The molecule has 1 aliphatic carbocycles. The molecule has 0 spiro atoms. The molecule has 0 aromatic heterocycles. The second-order valence-electron chi connectivity index (χ2n) is 4.54. The number of rotatable bonds is 5. The number of hydrogen-bond donors (Lipinski definition) is 2. The number of hydrogen-bond acceptors (Lipinski definition) is 1. The molecule has 1 rings (SSSR count). The molecule has 0 radical (unpaired) electrons. The van der Waals surface area contributed by atoms with Gasteiger partial charge in [-0.2, -0.15) is 0 Å². The van der Waals surface area contributed by atoms with E-state index in [1.54, 1.807) is 0 Å². The fraction of sp³-hybridized carbons (Fsp3) is 0.909. The second kappa shape index (κ2) is 5.23. The summed E-state index contributed by atoms with van der Waals surface area (Å²) in [6.07, 6.45) is 4.53. The number of urea groups is 1. The highest BCUT2D eigenvalue weighted by molar-refractivity contribution is 5.74. The topological polar surface area (TPSA) is 41.1 Å². The van der Waals surface area contributed by atoms with Crippen molar-refractivity contribution in [2.75, 3.05) is 0 Å². The average Bonchev–Trinajstić information content (AvgIpc) is 2.87. The molecule has 2 N–H and O–H groups in total. The van der Waals surface area contributed by atoms with E-state index < -0.39 is 0 Å². The van der Waals surface area contributed by atoms with Crippen LogP contribution in [0.1, 0.15) is 46.5 Å². The van der Waals surface area contributed by atoms with Crippen molar-refractivity contribution in [3.8, 4) is 0 Å². The molecule has 1 fully saturated rings. The Morgan fingerprint density at radius 3 is 2.57 bits per heavy atom. The van der Waals surface area contributed by atoms with Crippen molar-refractivity contribution < 1.29 is 4.79 Å². The molecule has 3 nitrogen and oxygen atoms in total. The van der Waals surface area contributed by atoms with Crippen LogP contribution in [0.25, 0.3) is 0 Å². The number of amides is 2. The standard InChI is InChI=1S/C11H22N2O/c1-4-8(2)7-9(3)12-11(14)13-10-5-6-10/h8-10H,4-7H2,1-3H3,(H2,12,13,14). The molecule has 0 bridgehead atoms. The van der Waals surface area contributed by atoms with E-state index in [1.165, 1.54) is 6.42 Å². The predicted octanol–water partition coefficient (Wildman–Crippen LogP) is 2.27. The zero-order chi connectivity index (χ0) is 10.6. The summed E-state index contributed by atoms with van der Waals surface area (Å²) in [5, 5.41) is 5.89. The summed E-state index contributed by atoms with van der Waals surface area (Å²) < 4.78 is 0. The minimum Gasteiger partial charge on any atom is -0.336 e. The maximum Gasteiger partial charge on any atom is 0.315 e. The lowest BCUT2D eigenvalue weighted by Gasteiger charge is -2.17. The van der Waals surface area contributed by atoms with E-state index in [4.69, 9.17) is 0 Å². The summed E-state index contributed by atoms with van der Waals surface area (Å²) in [5.74, 6) is 0.686. The first-order valence-corrected chi connectivity index (χ1v) is 5.68. The van der Waals surface area contributed by atoms with Gasteiger partial charge in [0.2, 0.25) is 0 Å². The first-order chi connectivity index (χ1) is 6.61. The third-order valence-corrected chi connectivity index (χ3v) is 2.74. The first kappa shape index (κ1) is 11.3. The van der Waals surface area contributed by atoms with Crippen LogP contribution in [0.4, 0.5) is 4.79 Å². The smallest absolute Gasteiger partial charge is 0.315 e. The van der Waals surface area contributed by atoms with Crippen LogP contribution in [0.2, 0.25) is 0 Å². The van der Waals surface area contributed by atoms with Crippen molar-refractivity contribution in [2.24, 2.45) is 5.92 Å². The van der Waals surface area contributed by atoms with Crippen LogP contribution in [-0.2, 0) is 0 Å². The van der Waals surface area contributed by atoms with Crippen molar-refractivity contribution >= 4 is 6.03 Å². The maximum absolute atomic E-state index is 11.4. The van der Waals surface area contributed by atoms with E-state index in [-0.39, 0.29) is 12.1 Å². The normalized spacial score (nSPS) is 19.9. The highest BCUT2D eigenvalue weighted by Crippen LogP contribution is 2.18. The molecule has 0 heterocycles. The Morgan fingerprint density at radius 1 is 1.43 bits per heavy atom. The molecule has 0 aromatic carbocycles. The molecule has 1 aliphatic rings. The summed E-state index contributed by atoms with van der Waals surface area (Å²) in [6.45, 7) is 6.47. The Hall–Kier alpha value is -0.730. The number of nitrogens with one attached hydrogen (secondary N) is 2. The van der Waals surface area contributed by atoms with Crippen LogP contribution >= 0.6 is 0 Å². The first-order valence-electron chi connectivity index (χ1n) is 5.68. The summed E-state index contributed by atoms with van der Waals surface area (Å²) in [7, 11) is 0.